The molecule has 8 aromatic carbocycles. The largest absolute Gasteiger partial charge is 0.135 e. The first-order valence-electron chi connectivity index (χ1n) is 27.9. The number of thiophene rings is 4. The van der Waals surface area contributed by atoms with E-state index in [4.69, 9.17) is 0 Å². The molecule has 0 unspecified atom stereocenters. The highest BCUT2D eigenvalue weighted by Gasteiger charge is 2.21. The Balaban J connectivity index is 0.000000179. The Bertz CT molecular complexity index is 3700. The maximum absolute atomic E-state index is 2.36. The molecule has 0 aliphatic carbocycles. The van der Waals surface area contributed by atoms with Crippen LogP contribution in [0, 0.1) is 0 Å². The van der Waals surface area contributed by atoms with Crippen LogP contribution in [0.3, 0.4) is 0 Å². The summed E-state index contributed by atoms with van der Waals surface area (Å²) in [5.41, 5.74) is 6.58. The van der Waals surface area contributed by atoms with Gasteiger partial charge in [0.1, 0.15) is 0 Å². The van der Waals surface area contributed by atoms with Gasteiger partial charge in [0, 0.05) is 80.7 Å². The zero-order chi connectivity index (χ0) is 56.2. The van der Waals surface area contributed by atoms with Crippen molar-refractivity contribution in [2.75, 3.05) is 0 Å². The molecule has 12 aromatic rings. The van der Waals surface area contributed by atoms with Gasteiger partial charge >= 0.3 is 0 Å². The van der Waals surface area contributed by atoms with E-state index >= 15 is 0 Å². The highest BCUT2D eigenvalue weighted by atomic mass is 32.1. The maximum Gasteiger partial charge on any atom is 0.0392 e. The van der Waals surface area contributed by atoms with Crippen molar-refractivity contribution in [2.24, 2.45) is 0 Å². The van der Waals surface area contributed by atoms with E-state index in [-0.39, 0.29) is 21.7 Å². The van der Waals surface area contributed by atoms with Gasteiger partial charge in [-0.25, -0.2) is 0 Å². The van der Waals surface area contributed by atoms with E-state index in [0.29, 0.717) is 0 Å². The van der Waals surface area contributed by atoms with E-state index < -0.39 is 0 Å². The number of hydrogen-bond donors (Lipinski definition) is 0. The Morgan fingerprint density at radius 3 is 1.11 bits per heavy atom. The van der Waals surface area contributed by atoms with E-state index in [1.54, 1.807) is 0 Å². The summed E-state index contributed by atoms with van der Waals surface area (Å²) in [6.07, 6.45) is 0. The Morgan fingerprint density at radius 1 is 0.237 bits per heavy atom. The zero-order valence-corrected chi connectivity index (χ0v) is 53.1. The Labute approximate surface area is 474 Å². The molecule has 0 N–H and O–H groups in total. The smallest absolute Gasteiger partial charge is 0.0392 e. The van der Waals surface area contributed by atoms with Crippen LogP contribution in [0.15, 0.2) is 170 Å². The first-order chi connectivity index (χ1) is 36.3. The molecule has 4 aromatic heterocycles. The fourth-order valence-corrected chi connectivity index (χ4v) is 13.9. The van der Waals surface area contributed by atoms with Crippen LogP contribution in [0.2, 0.25) is 0 Å². The molecule has 0 fully saturated rings. The molecule has 0 aliphatic rings. The lowest BCUT2D eigenvalue weighted by atomic mass is 9.84. The van der Waals surface area contributed by atoms with Gasteiger partial charge in [-0.3, -0.25) is 0 Å². The van der Waals surface area contributed by atoms with E-state index in [2.05, 4.69) is 253 Å². The molecule has 0 radical (unpaired) electrons. The minimum atomic E-state index is 0.198. The van der Waals surface area contributed by atoms with Crippen molar-refractivity contribution in [2.45, 2.75) is 160 Å². The van der Waals surface area contributed by atoms with Crippen LogP contribution in [0.4, 0.5) is 0 Å². The van der Waals surface area contributed by atoms with E-state index in [1.807, 2.05) is 101 Å². The van der Waals surface area contributed by atoms with Crippen molar-refractivity contribution in [1.82, 2.24) is 0 Å². The molecule has 0 aliphatic heterocycles. The number of fused-ring (bicyclic) bond motifs is 12. The van der Waals surface area contributed by atoms with Gasteiger partial charge in [-0.05, 0) is 92.4 Å². The standard InChI is InChI=1S/4C16H16S.4C2H6/c1-16(2,3)13-9-6-8-12-11-7-4-5-10-14(11)17-15(12)13;1-16(2,3)12-8-6-10-14-15(12)11-7-4-5-9-13(11)17-14;1-16(2,3)11-8-9-15-13(10-11)12-6-4-5-7-14(12)17-15;1-16(2,3)11-8-9-13-12-6-4-5-7-14(12)17-15(13)10-11;4*1-2/h4*4-10H,1-3H3;4*1-2H3. The van der Waals surface area contributed by atoms with Crippen molar-refractivity contribution in [3.8, 4) is 0 Å². The molecule has 76 heavy (non-hydrogen) atoms. The van der Waals surface area contributed by atoms with Gasteiger partial charge in [0.2, 0.25) is 0 Å². The van der Waals surface area contributed by atoms with Crippen LogP contribution in [0.1, 0.15) is 161 Å². The number of rotatable bonds is 0. The van der Waals surface area contributed by atoms with Gasteiger partial charge in [-0.1, -0.05) is 260 Å². The first kappa shape index (κ1) is 61.5. The van der Waals surface area contributed by atoms with Crippen LogP contribution >= 0.6 is 45.3 Å². The number of benzene rings is 8. The fourth-order valence-electron chi connectivity index (χ4n) is 9.12. The number of hydrogen-bond acceptors (Lipinski definition) is 4. The average molecular weight is 1080 g/mol. The summed E-state index contributed by atoms with van der Waals surface area (Å²) < 4.78 is 11.2. The summed E-state index contributed by atoms with van der Waals surface area (Å²) in [6, 6.07) is 61.8. The fraction of sp³-hybridized carbons (Fsp3) is 0.333. The molecule has 0 nitrogen and oxygen atoms in total. The molecule has 0 amide bonds. The Kier molecular flexibility index (Phi) is 21.7. The van der Waals surface area contributed by atoms with E-state index in [9.17, 15) is 0 Å². The summed E-state index contributed by atoms with van der Waals surface area (Å²) in [5.74, 6) is 0. The summed E-state index contributed by atoms with van der Waals surface area (Å²) in [6.45, 7) is 43.3. The SMILES string of the molecule is CC.CC.CC.CC.CC(C)(C)c1ccc2c(c1)sc1ccccc12.CC(C)(C)c1ccc2sc3ccccc3c2c1.CC(C)(C)c1cccc2c1sc1ccccc12.CC(C)(C)c1cccc2sc3ccccc3c12. The van der Waals surface area contributed by atoms with Crippen molar-refractivity contribution in [3.05, 3.63) is 192 Å². The lowest BCUT2D eigenvalue weighted by Crippen LogP contribution is -2.11. The van der Waals surface area contributed by atoms with Crippen LogP contribution in [0.25, 0.3) is 80.7 Å². The lowest BCUT2D eigenvalue weighted by molar-refractivity contribution is 0.591. The highest BCUT2D eigenvalue weighted by Crippen LogP contribution is 2.42. The minimum absolute atomic E-state index is 0.198. The quantitative estimate of drug-likeness (QED) is 0.142. The third-order valence-corrected chi connectivity index (χ3v) is 17.6. The zero-order valence-electron chi connectivity index (χ0n) is 49.8. The Morgan fingerprint density at radius 2 is 0.579 bits per heavy atom. The molecule has 4 heteroatoms. The topological polar surface area (TPSA) is 0 Å². The molecule has 0 bridgehead atoms. The molecule has 0 saturated heterocycles. The van der Waals surface area contributed by atoms with E-state index in [1.165, 1.54) is 103 Å². The summed E-state index contributed by atoms with van der Waals surface area (Å²) in [4.78, 5) is 0. The van der Waals surface area contributed by atoms with Crippen molar-refractivity contribution in [3.63, 3.8) is 0 Å². The van der Waals surface area contributed by atoms with Crippen LogP contribution in [0.5, 0.6) is 0 Å². The Hall–Kier alpha value is -5.36. The predicted octanol–water partition coefficient (Wildman–Crippen LogP) is 25.5. The molecular weight excluding hydrogens is 993 g/mol. The molecule has 12 rings (SSSR count). The summed E-state index contributed by atoms with van der Waals surface area (Å²) in [7, 11) is 0. The van der Waals surface area contributed by atoms with Crippen LogP contribution in [-0.2, 0) is 21.7 Å². The minimum Gasteiger partial charge on any atom is -0.135 e. The molecule has 400 valence electrons. The van der Waals surface area contributed by atoms with Gasteiger partial charge < -0.3 is 0 Å². The van der Waals surface area contributed by atoms with Gasteiger partial charge in [0.05, 0.1) is 0 Å². The monoisotopic (exact) mass is 1080 g/mol. The van der Waals surface area contributed by atoms with Crippen molar-refractivity contribution in [1.29, 1.82) is 0 Å². The van der Waals surface area contributed by atoms with Crippen LogP contribution in [-0.4, -0.2) is 0 Å². The van der Waals surface area contributed by atoms with Crippen molar-refractivity contribution >= 4 is 126 Å². The molecule has 4 heterocycles. The van der Waals surface area contributed by atoms with Crippen LogP contribution < -0.4 is 0 Å². The molecule has 0 spiro atoms. The second-order valence-electron chi connectivity index (χ2n) is 22.2. The average Bonchev–Trinajstić information content (AvgIpc) is 4.21. The predicted molar refractivity (Wildman–Crippen MR) is 358 cm³/mol. The second-order valence-corrected chi connectivity index (χ2v) is 26.5. The van der Waals surface area contributed by atoms with Crippen molar-refractivity contribution < 1.29 is 0 Å². The molecule has 0 atom stereocenters. The summed E-state index contributed by atoms with van der Waals surface area (Å²) in [5, 5.41) is 11.2. The first-order valence-corrected chi connectivity index (χ1v) is 31.2. The third kappa shape index (κ3) is 14.2. The van der Waals surface area contributed by atoms with Gasteiger partial charge in [-0.15, -0.1) is 45.3 Å². The highest BCUT2D eigenvalue weighted by molar-refractivity contribution is 7.27. The summed E-state index contributed by atoms with van der Waals surface area (Å²) >= 11 is 7.58. The van der Waals surface area contributed by atoms with E-state index in [0.717, 1.165) is 0 Å². The molecular formula is C72H88S4. The van der Waals surface area contributed by atoms with Gasteiger partial charge in [0.15, 0.2) is 0 Å². The lowest BCUT2D eigenvalue weighted by Gasteiger charge is -2.20. The second kappa shape index (κ2) is 26.8. The normalized spacial score (nSPS) is 11.4. The third-order valence-electron chi connectivity index (χ3n) is 12.9. The van der Waals surface area contributed by atoms with Gasteiger partial charge in [0.25, 0.3) is 0 Å². The maximum atomic E-state index is 2.36. The van der Waals surface area contributed by atoms with Gasteiger partial charge in [-0.2, -0.15) is 0 Å². The molecule has 0 saturated carbocycles.